The number of hydrogen-bond donors (Lipinski definition) is 9. The Kier molecular flexibility index (Phi) is 13.3. The molecule has 37 heavy (non-hydrogen) atoms. The number of nitrogens with one attached hydrogen (secondary N) is 4. The zero-order valence-corrected chi connectivity index (χ0v) is 20.3. The predicted octanol–water partition coefficient (Wildman–Crippen LogP) is -3.91. The van der Waals surface area contributed by atoms with Crippen LogP contribution in [0.5, 0.6) is 0 Å². The Morgan fingerprint density at radius 1 is 0.892 bits per heavy atom. The number of carboxylic acids is 1. The van der Waals surface area contributed by atoms with Gasteiger partial charge in [-0.2, -0.15) is 0 Å². The molecular weight excluding hydrogens is 490 g/mol. The van der Waals surface area contributed by atoms with Gasteiger partial charge in [0.25, 0.3) is 0 Å². The van der Waals surface area contributed by atoms with Crippen LogP contribution in [0.4, 0.5) is 0 Å². The van der Waals surface area contributed by atoms with E-state index in [4.69, 9.17) is 22.9 Å². The number of primary amides is 2. The lowest BCUT2D eigenvalue weighted by atomic mass is 10.1. The van der Waals surface area contributed by atoms with E-state index in [1.807, 2.05) is 0 Å². The van der Waals surface area contributed by atoms with Gasteiger partial charge in [-0.1, -0.05) is 0 Å². The topological polar surface area (TPSA) is 292 Å². The van der Waals surface area contributed by atoms with E-state index in [9.17, 15) is 33.9 Å². The Morgan fingerprint density at radius 3 is 2.05 bits per heavy atom. The molecule has 0 spiro atoms. The van der Waals surface area contributed by atoms with E-state index in [0.29, 0.717) is 25.1 Å². The molecule has 4 atom stereocenters. The lowest BCUT2D eigenvalue weighted by Gasteiger charge is -2.25. The van der Waals surface area contributed by atoms with Crippen LogP contribution < -0.4 is 38.9 Å². The number of imidazole rings is 1. The van der Waals surface area contributed by atoms with Gasteiger partial charge in [0.1, 0.15) is 18.1 Å². The number of H-pyrrole nitrogens is 1. The number of aliphatic carboxylic acids is 1. The maximum Gasteiger partial charge on any atom is 0.326 e. The average molecular weight is 526 g/mol. The third-order valence-corrected chi connectivity index (χ3v) is 5.24. The van der Waals surface area contributed by atoms with Gasteiger partial charge in [-0.05, 0) is 32.2 Å². The molecule has 13 N–H and O–H groups in total. The molecule has 1 aromatic heterocycles. The van der Waals surface area contributed by atoms with Crippen molar-refractivity contribution in [1.82, 2.24) is 25.9 Å². The lowest BCUT2D eigenvalue weighted by Crippen LogP contribution is -2.58. The summed E-state index contributed by atoms with van der Waals surface area (Å²) in [5.41, 5.74) is 21.7. The number of rotatable bonds is 18. The Bertz CT molecular complexity index is 939. The highest BCUT2D eigenvalue weighted by Gasteiger charge is 2.31. The van der Waals surface area contributed by atoms with Gasteiger partial charge in [-0.3, -0.25) is 24.0 Å². The SMILES string of the molecule is NCCCCC(NC(=O)C(Cc1cnc[nH]1)NC(=O)C(CCC(N)=O)NC(=O)C(N)CC(N)=O)C(=O)O. The van der Waals surface area contributed by atoms with Crippen molar-refractivity contribution in [2.24, 2.45) is 22.9 Å². The van der Waals surface area contributed by atoms with Crippen molar-refractivity contribution in [2.75, 3.05) is 6.54 Å². The third-order valence-electron chi connectivity index (χ3n) is 5.24. The van der Waals surface area contributed by atoms with Crippen molar-refractivity contribution in [2.45, 2.75) is 69.1 Å². The normalized spacial score (nSPS) is 14.0. The fourth-order valence-electron chi connectivity index (χ4n) is 3.26. The molecule has 0 radical (unpaired) electrons. The number of nitrogens with two attached hydrogens (primary N) is 4. The quantitative estimate of drug-likeness (QED) is 0.0839. The zero-order valence-electron chi connectivity index (χ0n) is 20.3. The molecule has 0 saturated heterocycles. The highest BCUT2D eigenvalue weighted by molar-refractivity contribution is 5.95. The molecule has 1 heterocycles. The number of nitrogens with zero attached hydrogens (tertiary/aromatic N) is 1. The number of hydrogen-bond acceptors (Lipinski definition) is 9. The minimum absolute atomic E-state index is 0.0929. The van der Waals surface area contributed by atoms with Crippen LogP contribution in [0.25, 0.3) is 0 Å². The molecule has 4 unspecified atom stereocenters. The van der Waals surface area contributed by atoms with Crippen LogP contribution in [0, 0.1) is 0 Å². The molecule has 1 rings (SSSR count). The van der Waals surface area contributed by atoms with Gasteiger partial charge < -0.3 is 49.0 Å². The lowest BCUT2D eigenvalue weighted by molar-refractivity contribution is -0.142. The predicted molar refractivity (Wildman–Crippen MR) is 129 cm³/mol. The molecule has 16 nitrogen and oxygen atoms in total. The number of amides is 5. The molecule has 0 aromatic carbocycles. The molecule has 5 amide bonds. The minimum atomic E-state index is -1.35. The second kappa shape index (κ2) is 15.8. The van der Waals surface area contributed by atoms with Crippen LogP contribution in [-0.4, -0.2) is 81.3 Å². The van der Waals surface area contributed by atoms with Crippen LogP contribution in [0.2, 0.25) is 0 Å². The smallest absolute Gasteiger partial charge is 0.326 e. The fourth-order valence-corrected chi connectivity index (χ4v) is 3.26. The van der Waals surface area contributed by atoms with Crippen molar-refractivity contribution in [3.05, 3.63) is 18.2 Å². The highest BCUT2D eigenvalue weighted by Crippen LogP contribution is 2.06. The molecule has 0 bridgehead atoms. The fraction of sp³-hybridized carbons (Fsp3) is 0.571. The van der Waals surface area contributed by atoms with Crippen molar-refractivity contribution in [1.29, 1.82) is 0 Å². The monoisotopic (exact) mass is 525 g/mol. The van der Waals surface area contributed by atoms with E-state index < -0.39 is 66.1 Å². The number of unbranched alkanes of at least 4 members (excludes halogenated alkanes) is 1. The number of aromatic amines is 1. The summed E-state index contributed by atoms with van der Waals surface area (Å²) in [7, 11) is 0. The summed E-state index contributed by atoms with van der Waals surface area (Å²) >= 11 is 0. The maximum absolute atomic E-state index is 13.1. The Hall–Kier alpha value is -4.05. The Balaban J connectivity index is 3.06. The molecule has 0 aliphatic heterocycles. The van der Waals surface area contributed by atoms with Crippen LogP contribution in [0.3, 0.4) is 0 Å². The van der Waals surface area contributed by atoms with Gasteiger partial charge in [-0.25, -0.2) is 9.78 Å². The van der Waals surface area contributed by atoms with Gasteiger partial charge in [0, 0.05) is 24.7 Å². The van der Waals surface area contributed by atoms with Crippen LogP contribution in [0.1, 0.15) is 44.2 Å². The van der Waals surface area contributed by atoms with Gasteiger partial charge in [-0.15, -0.1) is 0 Å². The van der Waals surface area contributed by atoms with E-state index in [-0.39, 0.29) is 25.7 Å². The molecule has 0 fully saturated rings. The molecule has 0 aliphatic rings. The van der Waals surface area contributed by atoms with E-state index in [0.717, 1.165) is 0 Å². The number of carboxylic acid groups (broad SMARTS) is 1. The summed E-state index contributed by atoms with van der Waals surface area (Å²) in [5, 5.41) is 16.7. The second-order valence-electron chi connectivity index (χ2n) is 8.37. The first kappa shape index (κ1) is 31.0. The Morgan fingerprint density at radius 2 is 1.51 bits per heavy atom. The molecule has 16 heteroatoms. The summed E-state index contributed by atoms with van der Waals surface area (Å²) in [6, 6.07) is -5.21. The van der Waals surface area contributed by atoms with Crippen LogP contribution in [-0.2, 0) is 35.2 Å². The summed E-state index contributed by atoms with van der Waals surface area (Å²) in [5.74, 6) is -5.39. The largest absolute Gasteiger partial charge is 0.480 e. The van der Waals surface area contributed by atoms with E-state index >= 15 is 0 Å². The molecule has 206 valence electrons. The standard InChI is InChI=1S/C21H35N9O7/c22-6-2-1-3-14(21(36)37)29-20(35)15(7-11-9-26-10-27-11)30-19(34)13(4-5-16(24)31)28-18(33)12(23)8-17(25)32/h9-10,12-15H,1-8,22-23H2,(H2,24,31)(H2,25,32)(H,26,27)(H,28,33)(H,29,35)(H,30,34)(H,36,37). The van der Waals surface area contributed by atoms with Gasteiger partial charge >= 0.3 is 5.97 Å². The summed E-state index contributed by atoms with van der Waals surface area (Å²) in [6.07, 6.45) is 2.82. The van der Waals surface area contributed by atoms with Gasteiger partial charge in [0.05, 0.1) is 18.8 Å². The second-order valence-corrected chi connectivity index (χ2v) is 8.37. The number of aromatic nitrogens is 2. The Labute approximate surface area is 212 Å². The first-order valence-corrected chi connectivity index (χ1v) is 11.6. The molecule has 0 saturated carbocycles. The highest BCUT2D eigenvalue weighted by atomic mass is 16.4. The van der Waals surface area contributed by atoms with E-state index in [2.05, 4.69) is 25.9 Å². The molecule has 1 aromatic rings. The first-order valence-electron chi connectivity index (χ1n) is 11.6. The van der Waals surface area contributed by atoms with Gasteiger partial charge in [0.2, 0.25) is 29.5 Å². The molecule has 0 aliphatic carbocycles. The van der Waals surface area contributed by atoms with Crippen molar-refractivity contribution >= 4 is 35.5 Å². The van der Waals surface area contributed by atoms with Crippen molar-refractivity contribution in [3.8, 4) is 0 Å². The summed E-state index contributed by atoms with van der Waals surface area (Å²) in [6.45, 7) is 0.361. The summed E-state index contributed by atoms with van der Waals surface area (Å²) in [4.78, 5) is 79.0. The number of carbonyl (C=O) groups excluding carboxylic acids is 5. The van der Waals surface area contributed by atoms with Crippen molar-refractivity contribution in [3.63, 3.8) is 0 Å². The van der Waals surface area contributed by atoms with Crippen LogP contribution in [0.15, 0.2) is 12.5 Å². The first-order chi connectivity index (χ1) is 17.4. The van der Waals surface area contributed by atoms with E-state index in [1.165, 1.54) is 12.5 Å². The zero-order chi connectivity index (χ0) is 28.0. The van der Waals surface area contributed by atoms with Gasteiger partial charge in [0.15, 0.2) is 0 Å². The van der Waals surface area contributed by atoms with Crippen molar-refractivity contribution < 1.29 is 33.9 Å². The third kappa shape index (κ3) is 12.0. The average Bonchev–Trinajstić information content (AvgIpc) is 3.32. The number of carbonyl (C=O) groups is 6. The minimum Gasteiger partial charge on any atom is -0.480 e. The van der Waals surface area contributed by atoms with E-state index in [1.54, 1.807) is 0 Å². The maximum atomic E-state index is 13.1. The van der Waals surface area contributed by atoms with Crippen LogP contribution >= 0.6 is 0 Å². The summed E-state index contributed by atoms with van der Waals surface area (Å²) < 4.78 is 0. The molecular formula is C21H35N9O7.